The first kappa shape index (κ1) is 17.9. The van der Waals surface area contributed by atoms with E-state index < -0.39 is 5.41 Å². The average molecular weight is 361 g/mol. The third-order valence-corrected chi connectivity index (χ3v) is 5.55. The zero-order chi connectivity index (χ0) is 19.6. The van der Waals surface area contributed by atoms with Gasteiger partial charge in [-0.1, -0.05) is 84.8 Å². The summed E-state index contributed by atoms with van der Waals surface area (Å²) < 4.78 is 0. The molecule has 0 atom stereocenters. The summed E-state index contributed by atoms with van der Waals surface area (Å²) >= 11 is 0. The molecule has 0 radical (unpaired) electrons. The molecule has 0 saturated carbocycles. The minimum absolute atomic E-state index is 0.474. The molecule has 136 valence electrons. The molecule has 1 aliphatic rings. The van der Waals surface area contributed by atoms with Crippen molar-refractivity contribution in [2.45, 2.75) is 18.8 Å². The molecule has 1 nitrogen and oxygen atoms in total. The molecule has 28 heavy (non-hydrogen) atoms. The predicted molar refractivity (Wildman–Crippen MR) is 118 cm³/mol. The summed E-state index contributed by atoms with van der Waals surface area (Å²) in [5.41, 5.74) is 13.4. The highest BCUT2D eigenvalue weighted by molar-refractivity contribution is 5.70. The van der Waals surface area contributed by atoms with E-state index in [2.05, 4.69) is 90.9 Å². The molecule has 1 aliphatic carbocycles. The van der Waals surface area contributed by atoms with Crippen molar-refractivity contribution in [3.8, 4) is 12.3 Å². The summed E-state index contributed by atoms with van der Waals surface area (Å²) in [4.78, 5) is 0. The van der Waals surface area contributed by atoms with Crippen LogP contribution < -0.4 is 5.73 Å². The number of terminal acetylenes is 1. The highest BCUT2D eigenvalue weighted by Gasteiger charge is 2.44. The van der Waals surface area contributed by atoms with Crippen molar-refractivity contribution in [1.82, 2.24) is 0 Å². The second-order valence-electron chi connectivity index (χ2n) is 7.11. The van der Waals surface area contributed by atoms with Crippen LogP contribution in [0, 0.1) is 12.3 Å². The van der Waals surface area contributed by atoms with Crippen molar-refractivity contribution in [1.29, 1.82) is 0 Å². The lowest BCUT2D eigenvalue weighted by Crippen LogP contribution is -2.36. The Bertz CT molecular complexity index is 1060. The van der Waals surface area contributed by atoms with Crippen molar-refractivity contribution < 1.29 is 0 Å². The third-order valence-electron chi connectivity index (χ3n) is 5.55. The molecule has 2 N–H and O–H groups in total. The van der Waals surface area contributed by atoms with Gasteiger partial charge in [0.25, 0.3) is 0 Å². The number of anilines is 1. The van der Waals surface area contributed by atoms with E-state index in [0.29, 0.717) is 0 Å². The Kier molecular flexibility index (Phi) is 4.63. The lowest BCUT2D eigenvalue weighted by Gasteiger charge is -2.42. The summed E-state index contributed by atoms with van der Waals surface area (Å²) in [5.74, 6) is 2.98. The quantitative estimate of drug-likeness (QED) is 0.472. The lowest BCUT2D eigenvalue weighted by atomic mass is 9.59. The van der Waals surface area contributed by atoms with Gasteiger partial charge in [-0.25, -0.2) is 0 Å². The van der Waals surface area contributed by atoms with Crippen LogP contribution in [-0.2, 0) is 11.8 Å². The van der Waals surface area contributed by atoms with Gasteiger partial charge in [0.15, 0.2) is 0 Å². The van der Waals surface area contributed by atoms with Crippen molar-refractivity contribution in [2.75, 3.05) is 5.73 Å². The van der Waals surface area contributed by atoms with Crippen molar-refractivity contribution in [2.24, 2.45) is 0 Å². The first-order valence-corrected chi connectivity index (χ1v) is 9.54. The van der Waals surface area contributed by atoms with Crippen LogP contribution in [0.2, 0.25) is 0 Å². The summed E-state index contributed by atoms with van der Waals surface area (Å²) in [6.45, 7) is 2.04. The van der Waals surface area contributed by atoms with Crippen LogP contribution in [0.4, 0.5) is 5.69 Å². The standard InChI is InChI=1S/C27H23N/c1-3-11-25-20(4-2)18-21-19-24(28)16-17-26(21)27(25,22-12-7-5-8-13-22)23-14-9-6-10-15-23/h2-3,5-17,19H,18,28H2,1H3/b11-3-. The number of benzene rings is 3. The fourth-order valence-corrected chi connectivity index (χ4v) is 4.47. The van der Waals surface area contributed by atoms with Gasteiger partial charge in [-0.3, -0.25) is 0 Å². The van der Waals surface area contributed by atoms with Crippen LogP contribution in [0.5, 0.6) is 0 Å². The van der Waals surface area contributed by atoms with Gasteiger partial charge in [0.1, 0.15) is 0 Å². The zero-order valence-electron chi connectivity index (χ0n) is 16.0. The van der Waals surface area contributed by atoms with Crippen LogP contribution in [0.15, 0.2) is 102 Å². The molecule has 0 aromatic heterocycles. The Balaban J connectivity index is 2.21. The van der Waals surface area contributed by atoms with E-state index in [0.717, 1.165) is 23.3 Å². The Morgan fingerprint density at radius 1 is 0.929 bits per heavy atom. The van der Waals surface area contributed by atoms with Crippen LogP contribution in [0.25, 0.3) is 0 Å². The lowest BCUT2D eigenvalue weighted by molar-refractivity contribution is 0.705. The molecule has 0 spiro atoms. The smallest absolute Gasteiger partial charge is 0.0713 e. The van der Waals surface area contributed by atoms with Gasteiger partial charge in [-0.05, 0) is 46.9 Å². The Morgan fingerprint density at radius 2 is 1.54 bits per heavy atom. The summed E-state index contributed by atoms with van der Waals surface area (Å²) in [5, 5.41) is 0. The first-order valence-electron chi connectivity index (χ1n) is 9.54. The number of hydrogen-bond acceptors (Lipinski definition) is 1. The summed E-state index contributed by atoms with van der Waals surface area (Å²) in [6.07, 6.45) is 11.0. The third kappa shape index (κ3) is 2.66. The predicted octanol–water partition coefficient (Wildman–Crippen LogP) is 5.67. The monoisotopic (exact) mass is 361 g/mol. The van der Waals surface area contributed by atoms with E-state index in [1.54, 1.807) is 0 Å². The number of fused-ring (bicyclic) bond motifs is 1. The molecule has 0 bridgehead atoms. The first-order chi connectivity index (χ1) is 13.7. The molecule has 4 rings (SSSR count). The van der Waals surface area contributed by atoms with Crippen molar-refractivity contribution >= 4 is 5.69 Å². The average Bonchev–Trinajstić information content (AvgIpc) is 2.74. The fraction of sp³-hybridized carbons (Fsp3) is 0.111. The van der Waals surface area contributed by atoms with E-state index in [1.807, 2.05) is 13.0 Å². The highest BCUT2D eigenvalue weighted by atomic mass is 14.6. The van der Waals surface area contributed by atoms with Gasteiger partial charge >= 0.3 is 0 Å². The number of nitrogen functional groups attached to an aromatic ring is 1. The summed E-state index contributed by atoms with van der Waals surface area (Å²) in [7, 11) is 0. The Morgan fingerprint density at radius 3 is 2.07 bits per heavy atom. The van der Waals surface area contributed by atoms with Crippen molar-refractivity contribution in [3.05, 3.63) is 124 Å². The molecule has 3 aromatic carbocycles. The van der Waals surface area contributed by atoms with Crippen LogP contribution in [0.1, 0.15) is 29.2 Å². The van der Waals surface area contributed by atoms with Gasteiger partial charge in [0.2, 0.25) is 0 Å². The molecular formula is C27H23N. The molecular weight excluding hydrogens is 338 g/mol. The highest BCUT2D eigenvalue weighted by Crippen LogP contribution is 2.51. The number of nitrogens with two attached hydrogens (primary N) is 1. The maximum absolute atomic E-state index is 6.15. The molecule has 0 fully saturated rings. The second kappa shape index (κ2) is 7.25. The molecule has 1 heteroatoms. The molecule has 0 heterocycles. The van der Waals surface area contributed by atoms with E-state index in [1.165, 1.54) is 22.3 Å². The molecule has 0 aliphatic heterocycles. The van der Waals surface area contributed by atoms with E-state index in [4.69, 9.17) is 12.2 Å². The van der Waals surface area contributed by atoms with Crippen LogP contribution in [-0.4, -0.2) is 0 Å². The largest absolute Gasteiger partial charge is 0.399 e. The molecule has 0 unspecified atom stereocenters. The number of allylic oxidation sites excluding steroid dienone is 4. The van der Waals surface area contributed by atoms with E-state index >= 15 is 0 Å². The SMILES string of the molecule is C#CC1=C(/C=C\C)C(c2ccccc2)(c2ccccc2)c2ccc(N)cc2C1. The minimum Gasteiger partial charge on any atom is -0.399 e. The topological polar surface area (TPSA) is 26.0 Å². The normalized spacial score (nSPS) is 15.3. The maximum atomic E-state index is 6.15. The fourth-order valence-electron chi connectivity index (χ4n) is 4.47. The zero-order valence-corrected chi connectivity index (χ0v) is 16.0. The maximum Gasteiger partial charge on any atom is 0.0713 e. The van der Waals surface area contributed by atoms with E-state index in [9.17, 15) is 0 Å². The Labute approximate surface area is 167 Å². The Hall–Kier alpha value is -3.50. The molecule has 0 saturated heterocycles. The number of rotatable bonds is 3. The van der Waals surface area contributed by atoms with E-state index in [-0.39, 0.29) is 0 Å². The van der Waals surface area contributed by atoms with Gasteiger partial charge in [0, 0.05) is 17.7 Å². The van der Waals surface area contributed by atoms with Gasteiger partial charge < -0.3 is 5.73 Å². The van der Waals surface area contributed by atoms with Crippen LogP contribution in [0.3, 0.4) is 0 Å². The van der Waals surface area contributed by atoms with Gasteiger partial charge in [-0.2, -0.15) is 0 Å². The minimum atomic E-state index is -0.474. The van der Waals surface area contributed by atoms with Gasteiger partial charge in [-0.15, -0.1) is 6.42 Å². The second-order valence-corrected chi connectivity index (χ2v) is 7.11. The number of hydrogen-bond donors (Lipinski definition) is 1. The molecule has 3 aromatic rings. The summed E-state index contributed by atoms with van der Waals surface area (Å²) in [6, 6.07) is 27.5. The van der Waals surface area contributed by atoms with Gasteiger partial charge in [0.05, 0.1) is 5.41 Å². The molecule has 0 amide bonds. The van der Waals surface area contributed by atoms with Crippen molar-refractivity contribution in [3.63, 3.8) is 0 Å². The van der Waals surface area contributed by atoms with Crippen LogP contribution >= 0.6 is 0 Å².